The first-order chi connectivity index (χ1) is 5.27. The van der Waals surface area contributed by atoms with Crippen molar-refractivity contribution in [2.75, 3.05) is 0 Å². The molecular formula is C9H13ClS. The quantitative estimate of drug-likeness (QED) is 0.629. The van der Waals surface area contributed by atoms with Gasteiger partial charge in [0.15, 0.2) is 0 Å². The zero-order chi connectivity index (χ0) is 8.27. The molecule has 1 unspecified atom stereocenters. The first kappa shape index (κ1) is 9.08. The minimum atomic E-state index is 0.222. The van der Waals surface area contributed by atoms with Gasteiger partial charge >= 0.3 is 0 Å². The van der Waals surface area contributed by atoms with Gasteiger partial charge in [-0.15, -0.1) is 22.9 Å². The van der Waals surface area contributed by atoms with Gasteiger partial charge in [-0.2, -0.15) is 0 Å². The van der Waals surface area contributed by atoms with Crippen molar-refractivity contribution in [3.8, 4) is 0 Å². The Bertz CT molecular complexity index is 217. The maximum atomic E-state index is 6.07. The van der Waals surface area contributed by atoms with Gasteiger partial charge in [0.2, 0.25) is 0 Å². The monoisotopic (exact) mass is 188 g/mol. The summed E-state index contributed by atoms with van der Waals surface area (Å²) in [5.41, 5.74) is 0. The Hall–Kier alpha value is -0.0100. The van der Waals surface area contributed by atoms with Crippen molar-refractivity contribution in [2.24, 2.45) is 0 Å². The van der Waals surface area contributed by atoms with Crippen LogP contribution in [0.5, 0.6) is 0 Å². The summed E-state index contributed by atoms with van der Waals surface area (Å²) in [6.45, 7) is 4.29. The lowest BCUT2D eigenvalue weighted by Gasteiger charge is -2.00. The van der Waals surface area contributed by atoms with Gasteiger partial charge in [-0.3, -0.25) is 0 Å². The van der Waals surface area contributed by atoms with E-state index >= 15 is 0 Å². The van der Waals surface area contributed by atoms with E-state index in [0.717, 1.165) is 12.8 Å². The topological polar surface area (TPSA) is 0 Å². The van der Waals surface area contributed by atoms with Crippen LogP contribution in [0.1, 0.15) is 35.4 Å². The molecule has 0 amide bonds. The van der Waals surface area contributed by atoms with Gasteiger partial charge in [0.05, 0.1) is 5.38 Å². The molecule has 1 heterocycles. The molecule has 0 aliphatic carbocycles. The summed E-state index contributed by atoms with van der Waals surface area (Å²) in [4.78, 5) is 2.74. The van der Waals surface area contributed by atoms with Crippen molar-refractivity contribution < 1.29 is 0 Å². The van der Waals surface area contributed by atoms with Crippen LogP contribution in [-0.2, 0) is 6.42 Å². The molecule has 0 aliphatic rings. The average Bonchev–Trinajstić information content (AvgIpc) is 2.50. The lowest BCUT2D eigenvalue weighted by Crippen LogP contribution is -1.80. The third-order valence-electron chi connectivity index (χ3n) is 1.70. The molecule has 2 heteroatoms. The second-order valence-electron chi connectivity index (χ2n) is 2.53. The lowest BCUT2D eigenvalue weighted by atomic mass is 10.3. The van der Waals surface area contributed by atoms with Crippen LogP contribution in [0, 0.1) is 0 Å². The smallest absolute Gasteiger partial charge is 0.0676 e. The zero-order valence-electron chi connectivity index (χ0n) is 6.93. The van der Waals surface area contributed by atoms with Crippen LogP contribution in [0.25, 0.3) is 0 Å². The van der Waals surface area contributed by atoms with Gasteiger partial charge in [0.25, 0.3) is 0 Å². The fraction of sp³-hybridized carbons (Fsp3) is 0.556. The number of hydrogen-bond acceptors (Lipinski definition) is 1. The van der Waals surface area contributed by atoms with Gasteiger partial charge in [0.1, 0.15) is 0 Å². The van der Waals surface area contributed by atoms with Crippen molar-refractivity contribution in [3.05, 3.63) is 21.9 Å². The number of halogens is 1. The van der Waals surface area contributed by atoms with Crippen LogP contribution in [0.3, 0.4) is 0 Å². The van der Waals surface area contributed by atoms with Gasteiger partial charge in [-0.1, -0.05) is 13.8 Å². The highest BCUT2D eigenvalue weighted by Crippen LogP contribution is 2.30. The standard InChI is InChI=1S/C9H13ClS/c1-3-7-5-6-9(11-7)8(10)4-2/h5-6,8H,3-4H2,1-2H3. The van der Waals surface area contributed by atoms with Crippen molar-refractivity contribution in [1.82, 2.24) is 0 Å². The molecule has 0 bridgehead atoms. The molecule has 1 aromatic rings. The molecule has 11 heavy (non-hydrogen) atoms. The Balaban J connectivity index is 2.71. The second kappa shape index (κ2) is 4.13. The van der Waals surface area contributed by atoms with Crippen LogP contribution in [0.2, 0.25) is 0 Å². The molecule has 0 saturated heterocycles. The highest BCUT2D eigenvalue weighted by molar-refractivity contribution is 7.12. The van der Waals surface area contributed by atoms with Gasteiger partial charge in [-0.05, 0) is 25.0 Å². The molecule has 0 aromatic carbocycles. The largest absolute Gasteiger partial charge is 0.144 e. The van der Waals surface area contributed by atoms with E-state index < -0.39 is 0 Å². The number of thiophene rings is 1. The molecule has 0 N–H and O–H groups in total. The Labute approximate surface area is 77.2 Å². The summed E-state index contributed by atoms with van der Waals surface area (Å²) in [6.07, 6.45) is 2.14. The minimum absolute atomic E-state index is 0.222. The van der Waals surface area contributed by atoms with Crippen LogP contribution < -0.4 is 0 Å². The Morgan fingerprint density at radius 2 is 2.18 bits per heavy atom. The summed E-state index contributed by atoms with van der Waals surface area (Å²) < 4.78 is 0. The van der Waals surface area contributed by atoms with Crippen LogP contribution >= 0.6 is 22.9 Å². The second-order valence-corrected chi connectivity index (χ2v) is 4.26. The summed E-state index contributed by atoms with van der Waals surface area (Å²) in [5.74, 6) is 0. The number of rotatable bonds is 3. The van der Waals surface area contributed by atoms with Gasteiger partial charge in [0, 0.05) is 9.75 Å². The van der Waals surface area contributed by atoms with Crippen molar-refractivity contribution >= 4 is 22.9 Å². The molecular weight excluding hydrogens is 176 g/mol. The predicted octanol–water partition coefficient (Wildman–Crippen LogP) is 4.00. The molecule has 62 valence electrons. The molecule has 1 aromatic heterocycles. The Kier molecular flexibility index (Phi) is 3.41. The third-order valence-corrected chi connectivity index (χ3v) is 3.71. The highest BCUT2D eigenvalue weighted by Gasteiger charge is 2.06. The average molecular weight is 189 g/mol. The molecule has 1 rings (SSSR count). The molecule has 0 aliphatic heterocycles. The summed E-state index contributed by atoms with van der Waals surface area (Å²) in [7, 11) is 0. The summed E-state index contributed by atoms with van der Waals surface area (Å²) in [5, 5.41) is 0.222. The van der Waals surface area contributed by atoms with Crippen LogP contribution in [0.4, 0.5) is 0 Å². The summed E-state index contributed by atoms with van der Waals surface area (Å²) >= 11 is 7.90. The highest BCUT2D eigenvalue weighted by atomic mass is 35.5. The Morgan fingerprint density at radius 1 is 1.45 bits per heavy atom. The SMILES string of the molecule is CCc1ccc(C(Cl)CC)s1. The fourth-order valence-corrected chi connectivity index (χ4v) is 2.17. The normalized spacial score (nSPS) is 13.4. The van der Waals surface area contributed by atoms with E-state index in [9.17, 15) is 0 Å². The van der Waals surface area contributed by atoms with Crippen molar-refractivity contribution in [2.45, 2.75) is 32.1 Å². The lowest BCUT2D eigenvalue weighted by molar-refractivity contribution is 0.901. The number of hydrogen-bond donors (Lipinski definition) is 0. The molecule has 1 atom stereocenters. The number of alkyl halides is 1. The van der Waals surface area contributed by atoms with Gasteiger partial charge in [-0.25, -0.2) is 0 Å². The molecule has 0 fully saturated rings. The van der Waals surface area contributed by atoms with E-state index in [1.54, 1.807) is 0 Å². The van der Waals surface area contributed by atoms with E-state index in [4.69, 9.17) is 11.6 Å². The van der Waals surface area contributed by atoms with Crippen LogP contribution in [-0.4, -0.2) is 0 Å². The molecule has 0 nitrogen and oxygen atoms in total. The van der Waals surface area contributed by atoms with Crippen LogP contribution in [0.15, 0.2) is 12.1 Å². The van der Waals surface area contributed by atoms with E-state index in [1.165, 1.54) is 9.75 Å². The predicted molar refractivity (Wildman–Crippen MR) is 52.6 cm³/mol. The van der Waals surface area contributed by atoms with E-state index in [-0.39, 0.29) is 5.38 Å². The van der Waals surface area contributed by atoms with E-state index in [2.05, 4.69) is 26.0 Å². The molecule has 0 saturated carbocycles. The van der Waals surface area contributed by atoms with Crippen molar-refractivity contribution in [1.29, 1.82) is 0 Å². The van der Waals surface area contributed by atoms with E-state index in [1.807, 2.05) is 11.3 Å². The van der Waals surface area contributed by atoms with Gasteiger partial charge < -0.3 is 0 Å². The maximum absolute atomic E-state index is 6.07. The minimum Gasteiger partial charge on any atom is -0.144 e. The maximum Gasteiger partial charge on any atom is 0.0676 e. The van der Waals surface area contributed by atoms with E-state index in [0.29, 0.717) is 0 Å². The first-order valence-corrected chi connectivity index (χ1v) is 5.25. The number of aryl methyl sites for hydroxylation is 1. The summed E-state index contributed by atoms with van der Waals surface area (Å²) in [6, 6.07) is 4.32. The Morgan fingerprint density at radius 3 is 2.64 bits per heavy atom. The van der Waals surface area contributed by atoms with Crippen molar-refractivity contribution in [3.63, 3.8) is 0 Å². The third kappa shape index (κ3) is 2.21. The molecule has 0 spiro atoms. The zero-order valence-corrected chi connectivity index (χ0v) is 8.50. The fourth-order valence-electron chi connectivity index (χ4n) is 0.954. The molecule has 0 radical (unpaired) electrons. The first-order valence-electron chi connectivity index (χ1n) is 4.00.